The summed E-state index contributed by atoms with van der Waals surface area (Å²) in [6, 6.07) is 4.73. The third kappa shape index (κ3) is 5.42. The maximum Gasteiger partial charge on any atom is 0.275 e. The highest BCUT2D eigenvalue weighted by atomic mass is 16.6. The molecule has 0 fully saturated rings. The fourth-order valence-corrected chi connectivity index (χ4v) is 1.49. The molecule has 0 saturated heterocycles. The van der Waals surface area contributed by atoms with Crippen LogP contribution in [0, 0.1) is 10.1 Å². The Morgan fingerprint density at radius 1 is 1.47 bits per heavy atom. The van der Waals surface area contributed by atoms with Crippen molar-refractivity contribution in [1.29, 1.82) is 0 Å². The minimum absolute atomic E-state index is 0.0337. The van der Waals surface area contributed by atoms with Crippen LogP contribution in [0.2, 0.25) is 0 Å². The van der Waals surface area contributed by atoms with Crippen LogP contribution >= 0.6 is 0 Å². The number of rotatable bonds is 8. The number of nitrogens with one attached hydrogen (secondary N) is 1. The molecule has 5 nitrogen and oxygen atoms in total. The summed E-state index contributed by atoms with van der Waals surface area (Å²) < 4.78 is 5.52. The molecule has 0 atom stereocenters. The van der Waals surface area contributed by atoms with E-state index in [4.69, 9.17) is 4.74 Å². The lowest BCUT2D eigenvalue weighted by atomic mass is 10.2. The summed E-state index contributed by atoms with van der Waals surface area (Å²) >= 11 is 0. The van der Waals surface area contributed by atoms with E-state index in [1.807, 2.05) is 13.8 Å². The van der Waals surface area contributed by atoms with E-state index in [9.17, 15) is 10.1 Å². The highest BCUT2D eigenvalue weighted by Crippen LogP contribution is 2.26. The first kappa shape index (κ1) is 15.0. The minimum atomic E-state index is -0.414. The fourth-order valence-electron chi connectivity index (χ4n) is 1.49. The van der Waals surface area contributed by atoms with E-state index in [-0.39, 0.29) is 5.69 Å². The first-order valence-corrected chi connectivity index (χ1v) is 6.33. The Hall–Kier alpha value is -2.04. The Morgan fingerprint density at radius 2 is 2.21 bits per heavy atom. The summed E-state index contributed by atoms with van der Waals surface area (Å²) in [7, 11) is 0. The Kier molecular flexibility index (Phi) is 5.85. The summed E-state index contributed by atoms with van der Waals surface area (Å²) in [6.07, 6.45) is 1.69. The average Bonchev–Trinajstić information content (AvgIpc) is 2.35. The summed E-state index contributed by atoms with van der Waals surface area (Å²) in [5.41, 5.74) is 1.77. The fraction of sp³-hybridized carbons (Fsp3) is 0.429. The van der Waals surface area contributed by atoms with Crippen LogP contribution < -0.4 is 10.1 Å². The van der Waals surface area contributed by atoms with E-state index in [2.05, 4.69) is 11.9 Å². The molecule has 0 amide bonds. The largest absolute Gasteiger partial charge is 0.493 e. The highest BCUT2D eigenvalue weighted by molar-refractivity contribution is 5.56. The number of hydrogen-bond acceptors (Lipinski definition) is 4. The molecule has 1 rings (SSSR count). The van der Waals surface area contributed by atoms with E-state index >= 15 is 0 Å². The molecule has 104 valence electrons. The molecular formula is C14H20N2O3. The number of nitro groups is 1. The van der Waals surface area contributed by atoms with Gasteiger partial charge < -0.3 is 10.1 Å². The van der Waals surface area contributed by atoms with Gasteiger partial charge in [0.25, 0.3) is 5.69 Å². The zero-order valence-corrected chi connectivity index (χ0v) is 11.4. The maximum absolute atomic E-state index is 10.9. The summed E-state index contributed by atoms with van der Waals surface area (Å²) in [4.78, 5) is 10.5. The van der Waals surface area contributed by atoms with Crippen LogP contribution in [0.25, 0.3) is 0 Å². The van der Waals surface area contributed by atoms with Gasteiger partial charge in [-0.15, -0.1) is 6.58 Å². The van der Waals surface area contributed by atoms with Crippen molar-refractivity contribution in [3.63, 3.8) is 0 Å². The van der Waals surface area contributed by atoms with Crippen LogP contribution in [0.5, 0.6) is 5.75 Å². The molecular weight excluding hydrogens is 244 g/mol. The van der Waals surface area contributed by atoms with Crippen molar-refractivity contribution in [2.24, 2.45) is 0 Å². The average molecular weight is 264 g/mol. The van der Waals surface area contributed by atoms with E-state index in [0.717, 1.165) is 25.0 Å². The van der Waals surface area contributed by atoms with Gasteiger partial charge in [0.1, 0.15) is 5.75 Å². The summed E-state index contributed by atoms with van der Waals surface area (Å²) in [5, 5.41) is 14.0. The number of anilines is 1. The lowest BCUT2D eigenvalue weighted by Gasteiger charge is -2.09. The topological polar surface area (TPSA) is 64.4 Å². The quantitative estimate of drug-likeness (QED) is 0.441. The molecule has 0 aliphatic heterocycles. The second-order valence-electron chi connectivity index (χ2n) is 4.46. The second kappa shape index (κ2) is 7.41. The van der Waals surface area contributed by atoms with Crippen LogP contribution in [-0.2, 0) is 0 Å². The number of nitrogens with zero attached hydrogens (tertiary/aromatic N) is 1. The van der Waals surface area contributed by atoms with Crippen LogP contribution in [0.3, 0.4) is 0 Å². The number of non-ortho nitro benzene ring substituents is 1. The van der Waals surface area contributed by atoms with E-state index in [1.54, 1.807) is 6.07 Å². The van der Waals surface area contributed by atoms with Gasteiger partial charge in [-0.3, -0.25) is 10.1 Å². The van der Waals surface area contributed by atoms with Gasteiger partial charge in [0.05, 0.1) is 17.6 Å². The van der Waals surface area contributed by atoms with Crippen molar-refractivity contribution in [2.75, 3.05) is 18.5 Å². The van der Waals surface area contributed by atoms with Gasteiger partial charge in [0, 0.05) is 30.8 Å². The third-order valence-electron chi connectivity index (χ3n) is 2.48. The number of hydrogen-bond donors (Lipinski definition) is 1. The van der Waals surface area contributed by atoms with Crippen molar-refractivity contribution < 1.29 is 9.66 Å². The monoisotopic (exact) mass is 264 g/mol. The van der Waals surface area contributed by atoms with Gasteiger partial charge in [-0.05, 0) is 13.3 Å². The number of nitro benzene ring substituents is 1. The van der Waals surface area contributed by atoms with Gasteiger partial charge >= 0.3 is 0 Å². The Balaban J connectivity index is 2.80. The summed E-state index contributed by atoms with van der Waals surface area (Å²) in [5.74, 6) is 0.508. The molecule has 1 aromatic carbocycles. The van der Waals surface area contributed by atoms with Crippen LogP contribution in [0.15, 0.2) is 30.4 Å². The molecule has 0 heterocycles. The van der Waals surface area contributed by atoms with Gasteiger partial charge in [-0.25, -0.2) is 0 Å². The van der Waals surface area contributed by atoms with Gasteiger partial charge in [-0.2, -0.15) is 0 Å². The predicted molar refractivity (Wildman–Crippen MR) is 76.8 cm³/mol. The zero-order valence-electron chi connectivity index (χ0n) is 11.4. The molecule has 5 heteroatoms. The van der Waals surface area contributed by atoms with E-state index < -0.39 is 4.92 Å². The van der Waals surface area contributed by atoms with E-state index in [1.165, 1.54) is 12.1 Å². The second-order valence-corrected chi connectivity index (χ2v) is 4.46. The molecule has 0 radical (unpaired) electrons. The molecule has 19 heavy (non-hydrogen) atoms. The molecule has 0 bridgehead atoms. The molecule has 1 N–H and O–H groups in total. The molecule has 0 spiro atoms. The van der Waals surface area contributed by atoms with Crippen LogP contribution in [0.1, 0.15) is 26.7 Å². The first-order chi connectivity index (χ1) is 9.02. The number of benzene rings is 1. The first-order valence-electron chi connectivity index (χ1n) is 6.33. The summed E-state index contributed by atoms with van der Waals surface area (Å²) in [6.45, 7) is 8.99. The molecule has 0 aliphatic carbocycles. The molecule has 0 aromatic heterocycles. The number of ether oxygens (including phenoxy) is 1. The van der Waals surface area contributed by atoms with Crippen molar-refractivity contribution in [3.8, 4) is 5.75 Å². The zero-order chi connectivity index (χ0) is 14.3. The lowest BCUT2D eigenvalue weighted by molar-refractivity contribution is -0.384. The standard InChI is InChI=1S/C14H20N2O3/c1-4-6-15-12-8-13(16(17)18)10-14(9-12)19-7-5-11(2)3/h8-10,15H,2,4-7H2,1,3H3. The van der Waals surface area contributed by atoms with Crippen molar-refractivity contribution >= 4 is 11.4 Å². The molecule has 0 unspecified atom stereocenters. The van der Waals surface area contributed by atoms with Crippen LogP contribution in [0.4, 0.5) is 11.4 Å². The lowest BCUT2D eigenvalue weighted by Crippen LogP contribution is -2.03. The maximum atomic E-state index is 10.9. The Morgan fingerprint density at radius 3 is 2.79 bits per heavy atom. The van der Waals surface area contributed by atoms with Crippen molar-refractivity contribution in [2.45, 2.75) is 26.7 Å². The molecule has 0 aliphatic rings. The van der Waals surface area contributed by atoms with Crippen molar-refractivity contribution in [1.82, 2.24) is 0 Å². The Bertz CT molecular complexity index is 458. The van der Waals surface area contributed by atoms with Crippen LogP contribution in [-0.4, -0.2) is 18.1 Å². The normalized spacial score (nSPS) is 10.0. The highest BCUT2D eigenvalue weighted by Gasteiger charge is 2.10. The van der Waals surface area contributed by atoms with E-state index in [0.29, 0.717) is 18.0 Å². The van der Waals surface area contributed by atoms with Crippen molar-refractivity contribution in [3.05, 3.63) is 40.5 Å². The SMILES string of the molecule is C=C(C)CCOc1cc(NCCC)cc([N+](=O)[O-])c1. The van der Waals surface area contributed by atoms with Gasteiger partial charge in [0.15, 0.2) is 0 Å². The van der Waals surface area contributed by atoms with Gasteiger partial charge in [0.2, 0.25) is 0 Å². The third-order valence-corrected chi connectivity index (χ3v) is 2.48. The molecule has 0 saturated carbocycles. The molecule has 1 aromatic rings. The Labute approximate surface area is 113 Å². The minimum Gasteiger partial charge on any atom is -0.493 e. The predicted octanol–water partition coefficient (Wildman–Crippen LogP) is 3.76. The smallest absolute Gasteiger partial charge is 0.275 e. The van der Waals surface area contributed by atoms with Gasteiger partial charge in [-0.1, -0.05) is 12.5 Å².